The van der Waals surface area contributed by atoms with Crippen LogP contribution in [0.2, 0.25) is 0 Å². The maximum atomic E-state index is 8.74. The van der Waals surface area contributed by atoms with E-state index in [-0.39, 0.29) is 0 Å². The van der Waals surface area contributed by atoms with Gasteiger partial charge in [0.05, 0.1) is 0 Å². The van der Waals surface area contributed by atoms with Crippen molar-refractivity contribution in [1.82, 2.24) is 0 Å². The molecule has 0 fully saturated rings. The Kier molecular flexibility index (Phi) is 15.9. The summed E-state index contributed by atoms with van der Waals surface area (Å²) in [6.07, 6.45) is 0. The van der Waals surface area contributed by atoms with Gasteiger partial charge in [-0.3, -0.25) is 4.57 Å². The summed E-state index contributed by atoms with van der Waals surface area (Å²) >= 11 is 0.924. The molecule has 0 saturated heterocycles. The quantitative estimate of drug-likeness (QED) is 0.278. The molecule has 7 heavy (non-hydrogen) atoms. The second kappa shape index (κ2) is 10.2. The van der Waals surface area contributed by atoms with Crippen molar-refractivity contribution in [2.75, 3.05) is 3.86 Å². The van der Waals surface area contributed by atoms with E-state index < -0.39 is 8.25 Å². The molecule has 0 unspecified atom stereocenters. The van der Waals surface area contributed by atoms with Crippen molar-refractivity contribution < 1.29 is 19.5 Å². The Morgan fingerprint density at radius 3 is 1.57 bits per heavy atom. The normalized spacial score (nSPS) is 7.71. The average Bonchev–Trinajstić information content (AvgIpc) is 1.33. The zero-order valence-corrected chi connectivity index (χ0v) is 6.96. The molecular formula is CH6NaO4P. The number of hydrogen-bond donors (Lipinski definition) is 3. The molecule has 0 spiro atoms. The predicted octanol–water partition coefficient (Wildman–Crippen LogP) is -1.53. The van der Waals surface area contributed by atoms with Gasteiger partial charge in [-0.25, -0.2) is 0 Å². The van der Waals surface area contributed by atoms with E-state index in [4.69, 9.17) is 19.5 Å². The van der Waals surface area contributed by atoms with Crippen molar-refractivity contribution in [3.05, 3.63) is 0 Å². The topological polar surface area (TPSA) is 77.8 Å². The number of rotatable bonds is 0. The molecule has 0 atom stereocenters. The molecule has 0 bridgehead atoms. The van der Waals surface area contributed by atoms with E-state index in [0.717, 1.165) is 27.9 Å². The Balaban J connectivity index is 0. The van der Waals surface area contributed by atoms with E-state index in [2.05, 4.69) is 0 Å². The van der Waals surface area contributed by atoms with E-state index >= 15 is 0 Å². The van der Waals surface area contributed by atoms with E-state index in [9.17, 15) is 0 Å². The molecule has 4 nitrogen and oxygen atoms in total. The van der Waals surface area contributed by atoms with Gasteiger partial charge in [0, 0.05) is 0 Å². The Morgan fingerprint density at radius 2 is 1.57 bits per heavy atom. The van der Waals surface area contributed by atoms with Crippen LogP contribution in [0.25, 0.3) is 0 Å². The Bertz CT molecular complexity index is 43.0. The summed E-state index contributed by atoms with van der Waals surface area (Å²) in [7, 11) is -3.13. The molecule has 0 aliphatic carbocycles. The van der Waals surface area contributed by atoms with Crippen LogP contribution in [0.1, 0.15) is 0 Å². The molecule has 0 radical (unpaired) electrons. The van der Waals surface area contributed by atoms with Gasteiger partial charge in [-0.05, 0) is 0 Å². The molecule has 3 N–H and O–H groups in total. The van der Waals surface area contributed by atoms with Gasteiger partial charge in [0.2, 0.25) is 0 Å². The standard InChI is InChI=1S/CH3O.Na.H3O3P/c1-2;;1-4(2)3/h2H,1H2;;4H,(H2,1,2,3). The molecule has 0 aromatic carbocycles. The van der Waals surface area contributed by atoms with Gasteiger partial charge in [0.25, 0.3) is 0 Å². The first-order valence-corrected chi connectivity index (χ1v) is 4.39. The Morgan fingerprint density at radius 1 is 1.57 bits per heavy atom. The van der Waals surface area contributed by atoms with Gasteiger partial charge in [-0.15, -0.1) is 0 Å². The summed E-state index contributed by atoms with van der Waals surface area (Å²) in [5.41, 5.74) is 0. The van der Waals surface area contributed by atoms with Gasteiger partial charge in [-0.1, -0.05) is 0 Å². The first-order valence-electron chi connectivity index (χ1n) is 1.67. The molecule has 0 aromatic rings. The fraction of sp³-hybridized carbons (Fsp3) is 1.00. The minimum absolute atomic E-state index is 0.389. The molecule has 0 aliphatic rings. The maximum absolute atomic E-state index is 8.74. The van der Waals surface area contributed by atoms with E-state index in [1.165, 1.54) is 0 Å². The summed E-state index contributed by atoms with van der Waals surface area (Å²) in [6, 6.07) is 0. The molecule has 40 valence electrons. The van der Waals surface area contributed by atoms with Crippen molar-refractivity contribution in [2.24, 2.45) is 0 Å². The van der Waals surface area contributed by atoms with Gasteiger partial charge in [0.1, 0.15) is 0 Å². The zero-order chi connectivity index (χ0) is 6.28. The van der Waals surface area contributed by atoms with Gasteiger partial charge in [-0.2, -0.15) is 0 Å². The van der Waals surface area contributed by atoms with Crippen LogP contribution in [0.15, 0.2) is 0 Å². The first kappa shape index (κ1) is 11.0. The summed E-state index contributed by atoms with van der Waals surface area (Å²) in [6.45, 7) is 0. The van der Waals surface area contributed by atoms with Crippen LogP contribution in [-0.4, -0.2) is 46.7 Å². The van der Waals surface area contributed by atoms with Crippen molar-refractivity contribution in [2.45, 2.75) is 0 Å². The van der Waals surface area contributed by atoms with Crippen molar-refractivity contribution in [1.29, 1.82) is 0 Å². The number of hydrogen-bond acceptors (Lipinski definition) is 2. The second-order valence-electron chi connectivity index (χ2n) is 0.599. The molecule has 0 heterocycles. The van der Waals surface area contributed by atoms with Crippen molar-refractivity contribution in [3.63, 3.8) is 0 Å². The summed E-state index contributed by atoms with van der Waals surface area (Å²) in [4.78, 5) is 14.3. The van der Waals surface area contributed by atoms with E-state index in [1.54, 1.807) is 0 Å². The molecule has 0 aliphatic heterocycles. The van der Waals surface area contributed by atoms with Crippen LogP contribution < -0.4 is 0 Å². The molecular weight excluding hydrogens is 130 g/mol. The van der Waals surface area contributed by atoms with Crippen molar-refractivity contribution in [3.8, 4) is 0 Å². The molecule has 0 rings (SSSR count). The fourth-order valence-electron chi connectivity index (χ4n) is 0. The second-order valence-corrected chi connectivity index (χ2v) is 1.80. The van der Waals surface area contributed by atoms with Gasteiger partial charge < -0.3 is 9.79 Å². The summed E-state index contributed by atoms with van der Waals surface area (Å²) in [5, 5.41) is 7.63. The summed E-state index contributed by atoms with van der Waals surface area (Å²) < 4.78 is 9.13. The number of aliphatic hydroxyl groups excluding tert-OH is 1. The molecule has 0 saturated carbocycles. The van der Waals surface area contributed by atoms with Crippen LogP contribution >= 0.6 is 8.25 Å². The monoisotopic (exact) mass is 136 g/mol. The van der Waals surface area contributed by atoms with Crippen LogP contribution in [0.4, 0.5) is 0 Å². The van der Waals surface area contributed by atoms with Gasteiger partial charge >= 0.3 is 45.1 Å². The minimum atomic E-state index is -3.13. The van der Waals surface area contributed by atoms with Crippen molar-refractivity contribution >= 4 is 36.2 Å². The Labute approximate surface area is 59.5 Å². The van der Waals surface area contributed by atoms with Crippen LogP contribution in [-0.2, 0) is 4.57 Å². The third-order valence-electron chi connectivity index (χ3n) is 0. The predicted molar refractivity (Wildman–Crippen MR) is 26.3 cm³/mol. The van der Waals surface area contributed by atoms with E-state index in [0.29, 0.717) is 3.86 Å². The average molecular weight is 136 g/mol. The molecule has 6 heteroatoms. The number of aliphatic hydroxyl groups is 1. The SMILES string of the molecule is O=[PH](O)O.O[CH2][Na]. The zero-order valence-electron chi connectivity index (χ0n) is 3.96. The third-order valence-corrected chi connectivity index (χ3v) is 0. The third kappa shape index (κ3) is 151. The first-order chi connectivity index (χ1) is 3.15. The molecule has 0 aromatic heterocycles. The molecule has 0 amide bonds. The van der Waals surface area contributed by atoms with E-state index in [1.807, 2.05) is 0 Å². The Hall–Kier alpha value is 1.11. The van der Waals surface area contributed by atoms with Crippen LogP contribution in [0.5, 0.6) is 0 Å². The van der Waals surface area contributed by atoms with Crippen LogP contribution in [0.3, 0.4) is 0 Å². The van der Waals surface area contributed by atoms with Crippen LogP contribution in [0, 0.1) is 0 Å². The van der Waals surface area contributed by atoms with Gasteiger partial charge in [0.15, 0.2) is 0 Å². The fourth-order valence-corrected chi connectivity index (χ4v) is 0. The summed E-state index contributed by atoms with van der Waals surface area (Å²) in [5.74, 6) is 0.